The molecule has 1 saturated heterocycles. The highest BCUT2D eigenvalue weighted by Crippen LogP contribution is 2.15. The predicted molar refractivity (Wildman–Crippen MR) is 65.4 cm³/mol. The summed E-state index contributed by atoms with van der Waals surface area (Å²) in [6.07, 6.45) is 5.31. The van der Waals surface area contributed by atoms with Crippen molar-refractivity contribution in [3.63, 3.8) is 0 Å². The minimum Gasteiger partial charge on any atom is -0.467 e. The van der Waals surface area contributed by atoms with Crippen LogP contribution in [0.1, 0.15) is 31.9 Å². The monoisotopic (exact) mass is 236 g/mol. The summed E-state index contributed by atoms with van der Waals surface area (Å²) < 4.78 is 5.17. The van der Waals surface area contributed by atoms with Crippen molar-refractivity contribution in [1.29, 1.82) is 0 Å². The number of carbonyl (C=O) groups is 1. The summed E-state index contributed by atoms with van der Waals surface area (Å²) in [5.74, 6) is 0.875. The first-order valence-corrected chi connectivity index (χ1v) is 6.29. The average Bonchev–Trinajstić information content (AvgIpc) is 2.82. The summed E-state index contributed by atoms with van der Waals surface area (Å²) in [7, 11) is 0. The molecule has 1 atom stereocenters. The number of likely N-dealkylation sites (tertiary alicyclic amines) is 1. The van der Waals surface area contributed by atoms with Gasteiger partial charge in [-0.25, -0.2) is 0 Å². The highest BCUT2D eigenvalue weighted by atomic mass is 16.3. The minimum absolute atomic E-state index is 0.0788. The van der Waals surface area contributed by atoms with Gasteiger partial charge in [0.1, 0.15) is 5.76 Å². The Labute approximate surface area is 102 Å². The topological polar surface area (TPSA) is 45.5 Å². The van der Waals surface area contributed by atoms with Crippen molar-refractivity contribution < 1.29 is 9.21 Å². The van der Waals surface area contributed by atoms with Crippen LogP contribution in [0, 0.1) is 0 Å². The molecule has 1 fully saturated rings. The molecule has 1 aromatic rings. The quantitative estimate of drug-likeness (QED) is 0.866. The molecule has 0 aromatic carbocycles. The first-order valence-electron chi connectivity index (χ1n) is 6.29. The standard InChI is InChI=1S/C13H20N2O2/c1-11-5-2-3-7-15(11)10-13(16)14-9-12-6-4-8-17-12/h4,6,8,11H,2-3,5,7,9-10H2,1H3,(H,14,16)/t11-/m1/s1. The second-order valence-electron chi connectivity index (χ2n) is 4.67. The van der Waals surface area contributed by atoms with Gasteiger partial charge >= 0.3 is 0 Å². The molecule has 1 aliphatic heterocycles. The van der Waals surface area contributed by atoms with Crippen LogP contribution < -0.4 is 5.32 Å². The molecular formula is C13H20N2O2. The van der Waals surface area contributed by atoms with Gasteiger partial charge in [-0.3, -0.25) is 9.69 Å². The van der Waals surface area contributed by atoms with Gasteiger partial charge in [0.05, 0.1) is 19.4 Å². The molecule has 0 saturated carbocycles. The highest BCUT2D eigenvalue weighted by molar-refractivity contribution is 5.77. The van der Waals surface area contributed by atoms with E-state index in [1.807, 2.05) is 12.1 Å². The molecule has 0 spiro atoms. The lowest BCUT2D eigenvalue weighted by atomic mass is 10.0. The van der Waals surface area contributed by atoms with Gasteiger partial charge < -0.3 is 9.73 Å². The Morgan fingerprint density at radius 2 is 2.47 bits per heavy atom. The molecule has 17 heavy (non-hydrogen) atoms. The second-order valence-corrected chi connectivity index (χ2v) is 4.67. The van der Waals surface area contributed by atoms with Crippen molar-refractivity contribution in [3.05, 3.63) is 24.2 Å². The van der Waals surface area contributed by atoms with Crippen molar-refractivity contribution in [3.8, 4) is 0 Å². The molecule has 0 radical (unpaired) electrons. The van der Waals surface area contributed by atoms with E-state index in [9.17, 15) is 4.79 Å². The summed E-state index contributed by atoms with van der Waals surface area (Å²) in [4.78, 5) is 14.0. The van der Waals surface area contributed by atoms with Crippen LogP contribution in [-0.4, -0.2) is 29.9 Å². The summed E-state index contributed by atoms with van der Waals surface area (Å²) >= 11 is 0. The smallest absolute Gasteiger partial charge is 0.234 e. The lowest BCUT2D eigenvalue weighted by molar-refractivity contribution is -0.123. The molecule has 1 N–H and O–H groups in total. The molecular weight excluding hydrogens is 216 g/mol. The largest absolute Gasteiger partial charge is 0.467 e. The van der Waals surface area contributed by atoms with Crippen LogP contribution in [0.2, 0.25) is 0 Å². The third kappa shape index (κ3) is 3.60. The number of nitrogens with zero attached hydrogens (tertiary/aromatic N) is 1. The van der Waals surface area contributed by atoms with Gasteiger partial charge in [0.2, 0.25) is 5.91 Å². The second kappa shape index (κ2) is 5.87. The highest BCUT2D eigenvalue weighted by Gasteiger charge is 2.20. The van der Waals surface area contributed by atoms with Crippen molar-refractivity contribution >= 4 is 5.91 Å². The van der Waals surface area contributed by atoms with Crippen LogP contribution in [-0.2, 0) is 11.3 Å². The van der Waals surface area contributed by atoms with Gasteiger partial charge in [0.25, 0.3) is 0 Å². The van der Waals surface area contributed by atoms with E-state index in [-0.39, 0.29) is 5.91 Å². The van der Waals surface area contributed by atoms with E-state index >= 15 is 0 Å². The number of carbonyl (C=O) groups excluding carboxylic acids is 1. The summed E-state index contributed by atoms with van der Waals surface area (Å²) in [5.41, 5.74) is 0. The van der Waals surface area contributed by atoms with Crippen LogP contribution in [0.3, 0.4) is 0 Å². The lowest BCUT2D eigenvalue weighted by Gasteiger charge is -2.32. The Balaban J connectivity index is 1.73. The number of amides is 1. The molecule has 1 aromatic heterocycles. The number of piperidine rings is 1. The van der Waals surface area contributed by atoms with E-state index in [0.717, 1.165) is 12.3 Å². The summed E-state index contributed by atoms with van der Waals surface area (Å²) in [6, 6.07) is 4.22. The first kappa shape index (κ1) is 12.2. The molecule has 4 nitrogen and oxygen atoms in total. The predicted octanol–water partition coefficient (Wildman–Crippen LogP) is 1.77. The van der Waals surface area contributed by atoms with Gasteiger partial charge in [0, 0.05) is 6.04 Å². The summed E-state index contributed by atoms with van der Waals surface area (Å²) in [5, 5.41) is 2.88. The maximum absolute atomic E-state index is 11.8. The van der Waals surface area contributed by atoms with Crippen LogP contribution in [0.5, 0.6) is 0 Å². The normalized spacial score (nSPS) is 21.4. The molecule has 0 aliphatic carbocycles. The Hall–Kier alpha value is -1.29. The van der Waals surface area contributed by atoms with E-state index in [1.165, 1.54) is 19.3 Å². The molecule has 2 rings (SSSR count). The summed E-state index contributed by atoms with van der Waals surface area (Å²) in [6.45, 7) is 4.21. The van der Waals surface area contributed by atoms with E-state index < -0.39 is 0 Å². The molecule has 0 unspecified atom stereocenters. The van der Waals surface area contributed by atoms with Crippen molar-refractivity contribution in [2.45, 2.75) is 38.8 Å². The van der Waals surface area contributed by atoms with E-state index in [2.05, 4.69) is 17.1 Å². The number of rotatable bonds is 4. The van der Waals surface area contributed by atoms with Gasteiger partial charge in [-0.2, -0.15) is 0 Å². The van der Waals surface area contributed by atoms with Gasteiger partial charge in [-0.1, -0.05) is 6.42 Å². The molecule has 1 amide bonds. The van der Waals surface area contributed by atoms with Crippen molar-refractivity contribution in [2.75, 3.05) is 13.1 Å². The van der Waals surface area contributed by atoms with E-state index in [1.54, 1.807) is 6.26 Å². The average molecular weight is 236 g/mol. The Morgan fingerprint density at radius 1 is 1.59 bits per heavy atom. The molecule has 1 aliphatic rings. The zero-order valence-corrected chi connectivity index (χ0v) is 10.3. The SMILES string of the molecule is C[C@@H]1CCCCN1CC(=O)NCc1ccco1. The lowest BCUT2D eigenvalue weighted by Crippen LogP contribution is -2.44. The van der Waals surface area contributed by atoms with Gasteiger partial charge in [-0.05, 0) is 38.4 Å². The third-order valence-corrected chi connectivity index (χ3v) is 3.33. The maximum Gasteiger partial charge on any atom is 0.234 e. The number of hydrogen-bond acceptors (Lipinski definition) is 3. The molecule has 0 bridgehead atoms. The van der Waals surface area contributed by atoms with Gasteiger partial charge in [0.15, 0.2) is 0 Å². The third-order valence-electron chi connectivity index (χ3n) is 3.33. The minimum atomic E-state index is 0.0788. The van der Waals surface area contributed by atoms with Crippen molar-refractivity contribution in [1.82, 2.24) is 10.2 Å². The van der Waals surface area contributed by atoms with Crippen LogP contribution in [0.15, 0.2) is 22.8 Å². The number of hydrogen-bond donors (Lipinski definition) is 1. The zero-order chi connectivity index (χ0) is 12.1. The maximum atomic E-state index is 11.8. The molecule has 2 heterocycles. The number of nitrogens with one attached hydrogen (secondary N) is 1. The van der Waals surface area contributed by atoms with Crippen LogP contribution in [0.4, 0.5) is 0 Å². The van der Waals surface area contributed by atoms with Crippen LogP contribution >= 0.6 is 0 Å². The van der Waals surface area contributed by atoms with E-state index in [4.69, 9.17) is 4.42 Å². The number of furan rings is 1. The zero-order valence-electron chi connectivity index (χ0n) is 10.3. The Kier molecular flexibility index (Phi) is 4.20. The van der Waals surface area contributed by atoms with Gasteiger partial charge in [-0.15, -0.1) is 0 Å². The fraction of sp³-hybridized carbons (Fsp3) is 0.615. The fourth-order valence-corrected chi connectivity index (χ4v) is 2.23. The van der Waals surface area contributed by atoms with Crippen molar-refractivity contribution in [2.24, 2.45) is 0 Å². The first-order chi connectivity index (χ1) is 8.25. The van der Waals surface area contributed by atoms with E-state index in [0.29, 0.717) is 19.1 Å². The Morgan fingerprint density at radius 3 is 3.18 bits per heavy atom. The molecule has 4 heteroatoms. The fourth-order valence-electron chi connectivity index (χ4n) is 2.23. The Bertz CT molecular complexity index is 348. The molecule has 94 valence electrons. The van der Waals surface area contributed by atoms with Crippen LogP contribution in [0.25, 0.3) is 0 Å².